The van der Waals surface area contributed by atoms with Gasteiger partial charge in [-0.3, -0.25) is 4.79 Å². The fraction of sp³-hybridized carbons (Fsp3) is 0.222. The molecule has 68 valence electrons. The molecule has 0 saturated heterocycles. The van der Waals surface area contributed by atoms with Crippen molar-refractivity contribution >= 4 is 21.8 Å². The Morgan fingerprint density at radius 2 is 2.23 bits per heavy atom. The molecular formula is C9H8BrNO2. The van der Waals surface area contributed by atoms with Crippen molar-refractivity contribution in [3.63, 3.8) is 0 Å². The van der Waals surface area contributed by atoms with Crippen molar-refractivity contribution < 1.29 is 9.90 Å². The van der Waals surface area contributed by atoms with E-state index in [9.17, 15) is 9.90 Å². The Labute approximate surface area is 84.0 Å². The van der Waals surface area contributed by atoms with Gasteiger partial charge in [-0.1, -0.05) is 34.2 Å². The van der Waals surface area contributed by atoms with E-state index in [2.05, 4.69) is 21.2 Å². The molecule has 2 aliphatic rings. The van der Waals surface area contributed by atoms with Gasteiger partial charge in [0.25, 0.3) is 5.91 Å². The molecule has 3 nitrogen and oxygen atoms in total. The zero-order valence-electron chi connectivity index (χ0n) is 6.70. The smallest absolute Gasteiger partial charge is 0.286 e. The Hall–Kier alpha value is -1.03. The van der Waals surface area contributed by atoms with E-state index in [0.29, 0.717) is 0 Å². The fourth-order valence-electron chi connectivity index (χ4n) is 1.45. The highest BCUT2D eigenvalue weighted by Gasteiger charge is 2.27. The van der Waals surface area contributed by atoms with Gasteiger partial charge in [-0.2, -0.15) is 0 Å². The summed E-state index contributed by atoms with van der Waals surface area (Å²) in [6.45, 7) is 0. The molecule has 1 aliphatic heterocycles. The molecule has 0 aromatic carbocycles. The molecule has 1 heterocycles. The lowest BCUT2D eigenvalue weighted by Gasteiger charge is -2.27. The van der Waals surface area contributed by atoms with Gasteiger partial charge in [-0.25, -0.2) is 0 Å². The average Bonchev–Trinajstić information content (AvgIpc) is 2.08. The summed E-state index contributed by atoms with van der Waals surface area (Å²) in [5.74, 6) is -0.553. The first kappa shape index (κ1) is 8.56. The summed E-state index contributed by atoms with van der Waals surface area (Å²) in [5.41, 5.74) is 0. The highest BCUT2D eigenvalue weighted by molar-refractivity contribution is 9.11. The number of carbonyl (C=O) groups excluding carboxylic acids is 1. The third kappa shape index (κ3) is 1.54. The predicted octanol–water partition coefficient (Wildman–Crippen LogP) is 1.39. The summed E-state index contributed by atoms with van der Waals surface area (Å²) in [7, 11) is 0. The van der Waals surface area contributed by atoms with Crippen LogP contribution in [0.1, 0.15) is 0 Å². The molecule has 0 saturated carbocycles. The standard InChI is InChI=1S/C9H8BrNO2/c10-6-1-2-7-5(3-6)4-8(12)9(13)11-7/h1-5,7,12H,(H,11,13). The minimum absolute atomic E-state index is 0.0234. The summed E-state index contributed by atoms with van der Waals surface area (Å²) in [4.78, 5) is 11.0. The van der Waals surface area contributed by atoms with Crippen molar-refractivity contribution in [2.24, 2.45) is 5.92 Å². The molecule has 4 heteroatoms. The second-order valence-corrected chi connectivity index (χ2v) is 3.95. The van der Waals surface area contributed by atoms with E-state index in [1.807, 2.05) is 18.2 Å². The topological polar surface area (TPSA) is 49.3 Å². The summed E-state index contributed by atoms with van der Waals surface area (Å²) in [6, 6.07) is -0.0234. The number of fused-ring (bicyclic) bond motifs is 1. The van der Waals surface area contributed by atoms with Crippen LogP contribution in [-0.4, -0.2) is 17.1 Å². The fourth-order valence-corrected chi connectivity index (χ4v) is 1.90. The van der Waals surface area contributed by atoms with Gasteiger partial charge in [0, 0.05) is 10.4 Å². The van der Waals surface area contributed by atoms with Crippen molar-refractivity contribution in [3.05, 3.63) is 34.5 Å². The summed E-state index contributed by atoms with van der Waals surface area (Å²) in [6.07, 6.45) is 7.29. The van der Waals surface area contributed by atoms with Crippen LogP contribution in [0.25, 0.3) is 0 Å². The maximum atomic E-state index is 11.0. The van der Waals surface area contributed by atoms with Gasteiger partial charge < -0.3 is 10.4 Å². The Bertz CT molecular complexity index is 344. The predicted molar refractivity (Wildman–Crippen MR) is 52.3 cm³/mol. The quantitative estimate of drug-likeness (QED) is 0.674. The average molecular weight is 242 g/mol. The number of allylic oxidation sites excluding steroid dienone is 2. The SMILES string of the molecule is O=C1NC2C=CC(Br)=CC2C=C1O. The molecule has 13 heavy (non-hydrogen) atoms. The number of nitrogens with one attached hydrogen (secondary N) is 1. The number of amides is 1. The van der Waals surface area contributed by atoms with Crippen LogP contribution in [0.2, 0.25) is 0 Å². The largest absolute Gasteiger partial charge is 0.503 e. The van der Waals surface area contributed by atoms with Gasteiger partial charge in [-0.05, 0) is 6.08 Å². The maximum Gasteiger partial charge on any atom is 0.286 e. The Morgan fingerprint density at radius 3 is 3.00 bits per heavy atom. The lowest BCUT2D eigenvalue weighted by Crippen LogP contribution is -2.43. The molecule has 2 unspecified atom stereocenters. The number of carbonyl (C=O) groups is 1. The molecule has 0 radical (unpaired) electrons. The van der Waals surface area contributed by atoms with E-state index in [1.54, 1.807) is 6.08 Å². The number of aliphatic hydroxyl groups excluding tert-OH is 1. The third-order valence-corrected chi connectivity index (χ3v) is 2.64. The molecule has 0 aromatic rings. The molecule has 2 N–H and O–H groups in total. The second kappa shape index (κ2) is 3.03. The molecule has 0 spiro atoms. The van der Waals surface area contributed by atoms with Crippen LogP contribution in [0.15, 0.2) is 34.5 Å². The Balaban J connectivity index is 2.33. The maximum absolute atomic E-state index is 11.0. The highest BCUT2D eigenvalue weighted by atomic mass is 79.9. The van der Waals surface area contributed by atoms with E-state index >= 15 is 0 Å². The van der Waals surface area contributed by atoms with Crippen molar-refractivity contribution in [1.29, 1.82) is 0 Å². The van der Waals surface area contributed by atoms with Crippen LogP contribution in [-0.2, 0) is 4.79 Å². The van der Waals surface area contributed by atoms with Gasteiger partial charge in [0.15, 0.2) is 5.76 Å². The number of halogens is 1. The van der Waals surface area contributed by atoms with Crippen LogP contribution in [0.4, 0.5) is 0 Å². The molecular weight excluding hydrogens is 234 g/mol. The minimum Gasteiger partial charge on any atom is -0.503 e. The van der Waals surface area contributed by atoms with Gasteiger partial charge in [0.2, 0.25) is 0 Å². The molecule has 0 bridgehead atoms. The summed E-state index contributed by atoms with van der Waals surface area (Å²) < 4.78 is 0.967. The van der Waals surface area contributed by atoms with Crippen LogP contribution in [0.3, 0.4) is 0 Å². The highest BCUT2D eigenvalue weighted by Crippen LogP contribution is 2.25. The molecule has 1 aliphatic carbocycles. The van der Waals surface area contributed by atoms with Gasteiger partial charge >= 0.3 is 0 Å². The summed E-state index contributed by atoms with van der Waals surface area (Å²) >= 11 is 3.34. The number of hydrogen-bond acceptors (Lipinski definition) is 2. The van der Waals surface area contributed by atoms with E-state index < -0.39 is 5.91 Å². The first-order valence-electron chi connectivity index (χ1n) is 3.94. The van der Waals surface area contributed by atoms with Gasteiger partial charge in [0.05, 0.1) is 6.04 Å². The zero-order chi connectivity index (χ0) is 9.42. The van der Waals surface area contributed by atoms with Gasteiger partial charge in [-0.15, -0.1) is 0 Å². The zero-order valence-corrected chi connectivity index (χ0v) is 8.28. The second-order valence-electron chi connectivity index (χ2n) is 3.04. The first-order valence-corrected chi connectivity index (χ1v) is 4.73. The lowest BCUT2D eigenvalue weighted by atomic mass is 9.92. The Kier molecular flexibility index (Phi) is 2.00. The monoisotopic (exact) mass is 241 g/mol. The summed E-state index contributed by atoms with van der Waals surface area (Å²) in [5, 5.41) is 11.9. The van der Waals surface area contributed by atoms with E-state index in [0.717, 1.165) is 4.48 Å². The van der Waals surface area contributed by atoms with Gasteiger partial charge in [0.1, 0.15) is 0 Å². The molecule has 0 aromatic heterocycles. The van der Waals surface area contributed by atoms with Crippen molar-refractivity contribution in [2.45, 2.75) is 6.04 Å². The molecule has 2 rings (SSSR count). The van der Waals surface area contributed by atoms with E-state index in [4.69, 9.17) is 0 Å². The van der Waals surface area contributed by atoms with E-state index in [1.165, 1.54) is 0 Å². The number of rotatable bonds is 0. The van der Waals surface area contributed by atoms with Crippen molar-refractivity contribution in [1.82, 2.24) is 5.32 Å². The minimum atomic E-state index is -0.405. The van der Waals surface area contributed by atoms with Crippen LogP contribution < -0.4 is 5.32 Å². The first-order chi connectivity index (χ1) is 6.16. The van der Waals surface area contributed by atoms with Crippen molar-refractivity contribution in [2.75, 3.05) is 0 Å². The number of hydrogen-bond donors (Lipinski definition) is 2. The molecule has 2 atom stereocenters. The van der Waals surface area contributed by atoms with Crippen LogP contribution >= 0.6 is 15.9 Å². The van der Waals surface area contributed by atoms with Crippen LogP contribution in [0, 0.1) is 5.92 Å². The lowest BCUT2D eigenvalue weighted by molar-refractivity contribution is -0.121. The third-order valence-electron chi connectivity index (χ3n) is 2.11. The van der Waals surface area contributed by atoms with E-state index in [-0.39, 0.29) is 17.7 Å². The molecule has 0 fully saturated rings. The number of aliphatic hydroxyl groups is 1. The Morgan fingerprint density at radius 1 is 1.46 bits per heavy atom. The van der Waals surface area contributed by atoms with Crippen LogP contribution in [0.5, 0.6) is 0 Å². The molecule has 1 amide bonds. The normalized spacial score (nSPS) is 31.6. The van der Waals surface area contributed by atoms with Crippen molar-refractivity contribution in [3.8, 4) is 0 Å².